The van der Waals surface area contributed by atoms with Gasteiger partial charge in [-0.25, -0.2) is 0 Å². The van der Waals surface area contributed by atoms with Crippen molar-refractivity contribution in [2.75, 3.05) is 73.1 Å². The second-order valence-corrected chi connectivity index (χ2v) is 8.18. The number of likely N-dealkylation sites (tertiary alicyclic amines) is 1. The van der Waals surface area contributed by atoms with E-state index in [1.54, 1.807) is 14.2 Å². The molecule has 2 fully saturated rings. The first-order valence-electron chi connectivity index (χ1n) is 11.4. The zero-order chi connectivity index (χ0) is 21.3. The lowest BCUT2D eigenvalue weighted by molar-refractivity contribution is 0.171. The second-order valence-electron chi connectivity index (χ2n) is 8.18. The number of nitrogens with one attached hydrogen (secondary N) is 1. The molecule has 0 radical (unpaired) electrons. The zero-order valence-electron chi connectivity index (χ0n) is 19.2. The molecule has 1 aromatic carbocycles. The van der Waals surface area contributed by atoms with Crippen LogP contribution in [-0.4, -0.2) is 93.8 Å². The summed E-state index contributed by atoms with van der Waals surface area (Å²) in [6, 6.07) is 6.02. The normalized spacial score (nSPS) is 21.1. The lowest BCUT2D eigenvalue weighted by Gasteiger charge is -2.36. The van der Waals surface area contributed by atoms with Gasteiger partial charge >= 0.3 is 0 Å². The number of ether oxygens (including phenoxy) is 2. The third-order valence-corrected chi connectivity index (χ3v) is 6.20. The van der Waals surface area contributed by atoms with Gasteiger partial charge in [-0.2, -0.15) is 0 Å². The average molecular weight is 418 g/mol. The van der Waals surface area contributed by atoms with E-state index < -0.39 is 0 Å². The Kier molecular flexibility index (Phi) is 8.63. The summed E-state index contributed by atoms with van der Waals surface area (Å²) >= 11 is 0. The number of nitrogens with zero attached hydrogens (tertiary/aromatic N) is 4. The Bertz CT molecular complexity index is 688. The Morgan fingerprint density at radius 1 is 1.07 bits per heavy atom. The highest BCUT2D eigenvalue weighted by Crippen LogP contribution is 2.25. The Morgan fingerprint density at radius 2 is 1.87 bits per heavy atom. The largest absolute Gasteiger partial charge is 0.497 e. The molecule has 1 N–H and O–H groups in total. The van der Waals surface area contributed by atoms with Crippen molar-refractivity contribution in [3.05, 3.63) is 23.8 Å². The highest BCUT2D eigenvalue weighted by atomic mass is 16.5. The maximum Gasteiger partial charge on any atom is 0.194 e. The van der Waals surface area contributed by atoms with Gasteiger partial charge in [-0.15, -0.1) is 0 Å². The van der Waals surface area contributed by atoms with Crippen LogP contribution in [0.1, 0.15) is 25.8 Å². The van der Waals surface area contributed by atoms with Gasteiger partial charge in [0.1, 0.15) is 11.5 Å². The molecule has 3 rings (SSSR count). The van der Waals surface area contributed by atoms with Gasteiger partial charge in [0, 0.05) is 57.9 Å². The predicted molar refractivity (Wildman–Crippen MR) is 123 cm³/mol. The summed E-state index contributed by atoms with van der Waals surface area (Å²) in [6.45, 7) is 14.7. The Hall–Kier alpha value is -1.99. The molecule has 0 amide bonds. The van der Waals surface area contributed by atoms with E-state index in [0.717, 1.165) is 69.8 Å². The van der Waals surface area contributed by atoms with E-state index in [1.807, 2.05) is 12.1 Å². The van der Waals surface area contributed by atoms with Gasteiger partial charge in [0.25, 0.3) is 0 Å². The standard InChI is InChI=1S/C23H39N5O2/c1-5-24-23(25-16-19-9-10-26(6-2)17-19)28-13-11-27(12-14-28)18-20-15-21(29-3)7-8-22(20)30-4/h7-8,15,19H,5-6,9-14,16-18H2,1-4H3,(H,24,25). The minimum Gasteiger partial charge on any atom is -0.497 e. The van der Waals surface area contributed by atoms with Crippen LogP contribution in [0.3, 0.4) is 0 Å². The molecule has 2 aliphatic heterocycles. The molecule has 2 aliphatic rings. The molecular weight excluding hydrogens is 378 g/mol. The summed E-state index contributed by atoms with van der Waals surface area (Å²) < 4.78 is 10.9. The van der Waals surface area contributed by atoms with Crippen LogP contribution in [0.15, 0.2) is 23.2 Å². The maximum absolute atomic E-state index is 5.55. The van der Waals surface area contributed by atoms with E-state index in [9.17, 15) is 0 Å². The molecule has 0 spiro atoms. The summed E-state index contributed by atoms with van der Waals surface area (Å²) in [6.07, 6.45) is 1.27. The van der Waals surface area contributed by atoms with Crippen LogP contribution in [-0.2, 0) is 6.54 Å². The number of piperazine rings is 1. The van der Waals surface area contributed by atoms with Crippen LogP contribution in [0.5, 0.6) is 11.5 Å². The third-order valence-electron chi connectivity index (χ3n) is 6.20. The molecule has 2 heterocycles. The highest BCUT2D eigenvalue weighted by molar-refractivity contribution is 5.80. The van der Waals surface area contributed by atoms with Crippen molar-refractivity contribution < 1.29 is 9.47 Å². The number of aliphatic imine (C=N–C) groups is 1. The lowest BCUT2D eigenvalue weighted by Crippen LogP contribution is -2.52. The van der Waals surface area contributed by atoms with Gasteiger partial charge in [-0.3, -0.25) is 9.89 Å². The maximum atomic E-state index is 5.55. The molecule has 1 unspecified atom stereocenters. The summed E-state index contributed by atoms with van der Waals surface area (Å²) in [5.74, 6) is 3.57. The van der Waals surface area contributed by atoms with Gasteiger partial charge in [-0.1, -0.05) is 6.92 Å². The fraction of sp³-hybridized carbons (Fsp3) is 0.696. The number of hydrogen-bond acceptors (Lipinski definition) is 5. The summed E-state index contributed by atoms with van der Waals surface area (Å²) in [4.78, 5) is 12.4. The fourth-order valence-electron chi connectivity index (χ4n) is 4.35. The molecule has 1 atom stereocenters. The first kappa shape index (κ1) is 22.7. The molecule has 2 saturated heterocycles. The molecule has 1 aromatic rings. The first-order chi connectivity index (χ1) is 14.7. The van der Waals surface area contributed by atoms with Crippen LogP contribution >= 0.6 is 0 Å². The van der Waals surface area contributed by atoms with E-state index in [1.165, 1.54) is 25.1 Å². The van der Waals surface area contributed by atoms with Crippen LogP contribution in [0.2, 0.25) is 0 Å². The minimum absolute atomic E-state index is 0.695. The SMILES string of the molecule is CCNC(=NCC1CCN(CC)C1)N1CCN(Cc2cc(OC)ccc2OC)CC1. The van der Waals surface area contributed by atoms with Crippen molar-refractivity contribution in [3.8, 4) is 11.5 Å². The second kappa shape index (κ2) is 11.4. The molecular formula is C23H39N5O2. The molecule has 30 heavy (non-hydrogen) atoms. The highest BCUT2D eigenvalue weighted by Gasteiger charge is 2.23. The van der Waals surface area contributed by atoms with Crippen molar-refractivity contribution in [2.45, 2.75) is 26.8 Å². The molecule has 0 aliphatic carbocycles. The van der Waals surface area contributed by atoms with Crippen molar-refractivity contribution in [3.63, 3.8) is 0 Å². The van der Waals surface area contributed by atoms with Crippen LogP contribution in [0.25, 0.3) is 0 Å². The molecule has 0 bridgehead atoms. The fourth-order valence-corrected chi connectivity index (χ4v) is 4.35. The summed E-state index contributed by atoms with van der Waals surface area (Å²) in [5.41, 5.74) is 1.17. The quantitative estimate of drug-likeness (QED) is 0.517. The Morgan fingerprint density at radius 3 is 2.50 bits per heavy atom. The van der Waals surface area contributed by atoms with Gasteiger partial charge in [0.05, 0.1) is 14.2 Å². The molecule has 7 heteroatoms. The zero-order valence-corrected chi connectivity index (χ0v) is 19.2. The van der Waals surface area contributed by atoms with Gasteiger partial charge in [-0.05, 0) is 50.6 Å². The third kappa shape index (κ3) is 6.01. The lowest BCUT2D eigenvalue weighted by atomic mass is 10.1. The number of benzene rings is 1. The summed E-state index contributed by atoms with van der Waals surface area (Å²) in [7, 11) is 3.43. The molecule has 7 nitrogen and oxygen atoms in total. The summed E-state index contributed by atoms with van der Waals surface area (Å²) in [5, 5.41) is 3.51. The molecule has 0 saturated carbocycles. The van der Waals surface area contributed by atoms with E-state index in [4.69, 9.17) is 14.5 Å². The molecule has 0 aromatic heterocycles. The smallest absolute Gasteiger partial charge is 0.194 e. The van der Waals surface area contributed by atoms with E-state index in [-0.39, 0.29) is 0 Å². The van der Waals surface area contributed by atoms with Gasteiger partial charge in [0.2, 0.25) is 0 Å². The Balaban J connectivity index is 1.54. The van der Waals surface area contributed by atoms with Crippen LogP contribution in [0, 0.1) is 5.92 Å². The number of methoxy groups -OCH3 is 2. The van der Waals surface area contributed by atoms with Crippen molar-refractivity contribution >= 4 is 5.96 Å². The number of rotatable bonds is 8. The monoisotopic (exact) mass is 417 g/mol. The van der Waals surface area contributed by atoms with Crippen molar-refractivity contribution in [1.82, 2.24) is 20.0 Å². The van der Waals surface area contributed by atoms with E-state index in [0.29, 0.717) is 5.92 Å². The van der Waals surface area contributed by atoms with Gasteiger partial charge < -0.3 is 24.6 Å². The average Bonchev–Trinajstić information content (AvgIpc) is 3.25. The van der Waals surface area contributed by atoms with Crippen LogP contribution in [0.4, 0.5) is 0 Å². The first-order valence-corrected chi connectivity index (χ1v) is 11.4. The van der Waals surface area contributed by atoms with Crippen molar-refractivity contribution in [2.24, 2.45) is 10.9 Å². The van der Waals surface area contributed by atoms with Crippen molar-refractivity contribution in [1.29, 1.82) is 0 Å². The predicted octanol–water partition coefficient (Wildman–Crippen LogP) is 2.13. The molecule has 168 valence electrons. The number of guanidine groups is 1. The topological polar surface area (TPSA) is 52.6 Å². The Labute approximate surface area is 182 Å². The van der Waals surface area contributed by atoms with Gasteiger partial charge in [0.15, 0.2) is 5.96 Å². The minimum atomic E-state index is 0.695. The van der Waals surface area contributed by atoms with Crippen LogP contribution < -0.4 is 14.8 Å². The number of hydrogen-bond donors (Lipinski definition) is 1. The van der Waals surface area contributed by atoms with E-state index in [2.05, 4.69) is 39.9 Å². The van der Waals surface area contributed by atoms with E-state index >= 15 is 0 Å².